The average molecular weight is 268 g/mol. The molecule has 0 atom stereocenters. The Morgan fingerprint density at radius 2 is 2.06 bits per heavy atom. The molecule has 0 amide bonds. The van der Waals surface area contributed by atoms with Crippen molar-refractivity contribution in [2.24, 2.45) is 0 Å². The predicted octanol–water partition coefficient (Wildman–Crippen LogP) is 2.83. The summed E-state index contributed by atoms with van der Waals surface area (Å²) in [6.45, 7) is 0. The number of carbonyl (C=O) groups excluding carboxylic acids is 1. The Morgan fingerprint density at radius 3 is 2.50 bits per heavy atom. The van der Waals surface area contributed by atoms with Gasteiger partial charge >= 0.3 is 11.7 Å². The van der Waals surface area contributed by atoms with Crippen molar-refractivity contribution in [2.75, 3.05) is 7.11 Å². The fraction of sp³-hybridized carbons (Fsp3) is 0.125. The lowest BCUT2D eigenvalue weighted by molar-refractivity contribution is -0.384. The number of nitro groups is 1. The van der Waals surface area contributed by atoms with Gasteiger partial charge in [0.1, 0.15) is 10.8 Å². The maximum absolute atomic E-state index is 13.2. The van der Waals surface area contributed by atoms with Crippen LogP contribution in [0.2, 0.25) is 10.0 Å². The van der Waals surface area contributed by atoms with Crippen molar-refractivity contribution in [1.29, 1.82) is 0 Å². The highest BCUT2D eigenvalue weighted by Gasteiger charge is 2.28. The maximum Gasteiger partial charge on any atom is 0.339 e. The Labute approximate surface area is 98.9 Å². The van der Waals surface area contributed by atoms with E-state index in [9.17, 15) is 19.3 Å². The summed E-state index contributed by atoms with van der Waals surface area (Å²) in [5.74, 6) is -2.10. The number of nitrogens with zero attached hydrogens (tertiary/aromatic N) is 1. The molecule has 1 aromatic rings. The number of benzene rings is 1. The number of methoxy groups -OCH3 is 1. The van der Waals surface area contributed by atoms with Crippen molar-refractivity contribution in [3.8, 4) is 0 Å². The Kier molecular flexibility index (Phi) is 3.66. The molecule has 0 saturated heterocycles. The second-order valence-corrected chi connectivity index (χ2v) is 3.39. The summed E-state index contributed by atoms with van der Waals surface area (Å²) in [6.07, 6.45) is 0. The molecular weight excluding hydrogens is 264 g/mol. The number of rotatable bonds is 2. The van der Waals surface area contributed by atoms with Crippen molar-refractivity contribution < 1.29 is 18.8 Å². The lowest BCUT2D eigenvalue weighted by Crippen LogP contribution is -2.05. The van der Waals surface area contributed by atoms with Crippen molar-refractivity contribution in [3.63, 3.8) is 0 Å². The van der Waals surface area contributed by atoms with E-state index in [1.807, 2.05) is 0 Å². The maximum atomic E-state index is 13.2. The molecule has 0 unspecified atom stereocenters. The average Bonchev–Trinajstić information content (AvgIpc) is 2.22. The molecule has 0 heterocycles. The first-order valence-corrected chi connectivity index (χ1v) is 4.56. The molecule has 0 aromatic heterocycles. The van der Waals surface area contributed by atoms with E-state index in [0.717, 1.165) is 7.11 Å². The first-order chi connectivity index (χ1) is 7.40. The zero-order valence-corrected chi connectivity index (χ0v) is 9.30. The zero-order chi connectivity index (χ0) is 12.5. The van der Waals surface area contributed by atoms with E-state index < -0.39 is 38.0 Å². The van der Waals surface area contributed by atoms with Crippen LogP contribution >= 0.6 is 23.2 Å². The normalized spacial score (nSPS) is 10.0. The molecule has 0 aliphatic carbocycles. The lowest BCUT2D eigenvalue weighted by atomic mass is 10.2. The topological polar surface area (TPSA) is 69.4 Å². The molecule has 16 heavy (non-hydrogen) atoms. The van der Waals surface area contributed by atoms with Gasteiger partial charge in [0.25, 0.3) is 0 Å². The molecule has 0 spiro atoms. The van der Waals surface area contributed by atoms with Crippen molar-refractivity contribution in [1.82, 2.24) is 0 Å². The molecule has 5 nitrogen and oxygen atoms in total. The van der Waals surface area contributed by atoms with E-state index in [0.29, 0.717) is 6.07 Å². The van der Waals surface area contributed by atoms with E-state index >= 15 is 0 Å². The lowest BCUT2D eigenvalue weighted by Gasteiger charge is -2.05. The van der Waals surface area contributed by atoms with Crippen LogP contribution in [-0.2, 0) is 4.74 Å². The van der Waals surface area contributed by atoms with Crippen LogP contribution in [-0.4, -0.2) is 18.0 Å². The summed E-state index contributed by atoms with van der Waals surface area (Å²) in [4.78, 5) is 20.7. The third-order valence-corrected chi connectivity index (χ3v) is 2.46. The summed E-state index contributed by atoms with van der Waals surface area (Å²) < 4.78 is 17.5. The van der Waals surface area contributed by atoms with Crippen LogP contribution < -0.4 is 0 Å². The molecule has 0 radical (unpaired) electrons. The van der Waals surface area contributed by atoms with Crippen molar-refractivity contribution >= 4 is 34.9 Å². The van der Waals surface area contributed by atoms with E-state index in [1.54, 1.807) is 0 Å². The summed E-state index contributed by atoms with van der Waals surface area (Å²) in [6, 6.07) is 0.684. The number of nitro benzene ring substituents is 1. The molecule has 8 heteroatoms. The second-order valence-electron chi connectivity index (χ2n) is 2.63. The van der Waals surface area contributed by atoms with Gasteiger partial charge in [0.15, 0.2) is 5.02 Å². The monoisotopic (exact) mass is 267 g/mol. The van der Waals surface area contributed by atoms with Gasteiger partial charge in [-0.05, 0) is 6.07 Å². The molecule has 1 rings (SSSR count). The van der Waals surface area contributed by atoms with Gasteiger partial charge in [-0.2, -0.15) is 0 Å². The van der Waals surface area contributed by atoms with Crippen LogP contribution in [0.1, 0.15) is 10.4 Å². The highest BCUT2D eigenvalue weighted by atomic mass is 35.5. The van der Waals surface area contributed by atoms with Gasteiger partial charge in [0, 0.05) is 0 Å². The smallest absolute Gasteiger partial charge is 0.339 e. The van der Waals surface area contributed by atoms with E-state index in [4.69, 9.17) is 23.2 Å². The number of esters is 1. The van der Waals surface area contributed by atoms with Crippen LogP contribution in [0.25, 0.3) is 0 Å². The molecule has 1 aromatic carbocycles. The minimum atomic E-state index is -1.11. The number of hydrogen-bond donors (Lipinski definition) is 0. The Bertz CT molecular complexity index is 478. The summed E-state index contributed by atoms with van der Waals surface area (Å²) >= 11 is 10.9. The summed E-state index contributed by atoms with van der Waals surface area (Å²) in [5.41, 5.74) is -1.30. The van der Waals surface area contributed by atoms with Crippen LogP contribution in [0.4, 0.5) is 10.1 Å². The first-order valence-electron chi connectivity index (χ1n) is 3.80. The van der Waals surface area contributed by atoms with Crippen molar-refractivity contribution in [2.45, 2.75) is 0 Å². The number of halogens is 3. The van der Waals surface area contributed by atoms with Crippen LogP contribution in [0, 0.1) is 15.9 Å². The van der Waals surface area contributed by atoms with Gasteiger partial charge in [-0.1, -0.05) is 23.2 Å². The Hall–Kier alpha value is -1.40. The van der Waals surface area contributed by atoms with Crippen molar-refractivity contribution in [3.05, 3.63) is 37.6 Å². The minimum Gasteiger partial charge on any atom is -0.465 e. The molecular formula is C8H4Cl2FNO4. The predicted molar refractivity (Wildman–Crippen MR) is 54.4 cm³/mol. The van der Waals surface area contributed by atoms with E-state index in [-0.39, 0.29) is 0 Å². The summed E-state index contributed by atoms with van der Waals surface area (Å²) in [5, 5.41) is 9.28. The molecule has 0 saturated carbocycles. The molecule has 0 aliphatic heterocycles. The molecule has 0 aliphatic rings. The van der Waals surface area contributed by atoms with Gasteiger partial charge in [-0.25, -0.2) is 9.18 Å². The molecule has 0 N–H and O–H groups in total. The third-order valence-electron chi connectivity index (χ3n) is 1.72. The minimum absolute atomic E-state index is 0.447. The van der Waals surface area contributed by atoms with Crippen LogP contribution in [0.3, 0.4) is 0 Å². The highest BCUT2D eigenvalue weighted by molar-refractivity contribution is 6.40. The van der Waals surface area contributed by atoms with E-state index in [1.165, 1.54) is 0 Å². The third kappa shape index (κ3) is 2.07. The van der Waals surface area contributed by atoms with Gasteiger partial charge in [0.05, 0.1) is 17.6 Å². The van der Waals surface area contributed by atoms with Gasteiger partial charge < -0.3 is 4.74 Å². The van der Waals surface area contributed by atoms with Gasteiger partial charge in [0.2, 0.25) is 0 Å². The molecule has 0 fully saturated rings. The molecule has 0 bridgehead atoms. The summed E-state index contributed by atoms with van der Waals surface area (Å²) in [7, 11) is 1.04. The quantitative estimate of drug-likeness (QED) is 0.358. The highest BCUT2D eigenvalue weighted by Crippen LogP contribution is 2.37. The van der Waals surface area contributed by atoms with Crippen LogP contribution in [0.15, 0.2) is 6.07 Å². The Morgan fingerprint density at radius 1 is 1.50 bits per heavy atom. The zero-order valence-electron chi connectivity index (χ0n) is 7.79. The Balaban J connectivity index is 3.56. The largest absolute Gasteiger partial charge is 0.465 e. The fourth-order valence-electron chi connectivity index (χ4n) is 1.01. The fourth-order valence-corrected chi connectivity index (χ4v) is 1.57. The second kappa shape index (κ2) is 4.63. The number of ether oxygens (including phenoxy) is 1. The number of carbonyl (C=O) groups is 1. The standard InChI is InChI=1S/C8H4Cl2FNO4/c1-16-8(13)3-2-4(11)6(10)7(5(3)9)12(14)15/h2H,1H3. The van der Waals surface area contributed by atoms with Gasteiger partial charge in [-0.15, -0.1) is 0 Å². The SMILES string of the molecule is COC(=O)c1cc(F)c(Cl)c([N+](=O)[O-])c1Cl. The molecule has 86 valence electrons. The van der Waals surface area contributed by atoms with Crippen LogP contribution in [0.5, 0.6) is 0 Å². The first kappa shape index (κ1) is 12.7. The van der Waals surface area contributed by atoms with E-state index in [2.05, 4.69) is 4.74 Å². The number of hydrogen-bond acceptors (Lipinski definition) is 4. The van der Waals surface area contributed by atoms with Gasteiger partial charge in [-0.3, -0.25) is 10.1 Å².